The number of nitrogens with zero attached hydrogens (tertiary/aromatic N) is 3. The standard InChI is InChI=1S/C12H5ClFN3O2S/c13-12-11-8(15-5-16-12)4-10(20-11)7-3-6(14)1-2-9(7)17(18)19/h1-5H. The van der Waals surface area contributed by atoms with Crippen LogP contribution < -0.4 is 0 Å². The molecule has 0 atom stereocenters. The zero-order chi connectivity index (χ0) is 14.3. The van der Waals surface area contributed by atoms with Crippen LogP contribution >= 0.6 is 22.9 Å². The Morgan fingerprint density at radius 2 is 2.10 bits per heavy atom. The van der Waals surface area contributed by atoms with Crippen LogP contribution in [-0.2, 0) is 0 Å². The number of halogens is 2. The van der Waals surface area contributed by atoms with Crippen LogP contribution in [-0.4, -0.2) is 14.9 Å². The molecule has 0 aliphatic heterocycles. The predicted octanol–water partition coefficient (Wildman–Crippen LogP) is 4.06. The van der Waals surface area contributed by atoms with Gasteiger partial charge < -0.3 is 0 Å². The van der Waals surface area contributed by atoms with Gasteiger partial charge in [0, 0.05) is 10.9 Å². The normalized spacial score (nSPS) is 10.9. The monoisotopic (exact) mass is 309 g/mol. The van der Waals surface area contributed by atoms with Crippen LogP contribution in [0.25, 0.3) is 20.7 Å². The molecule has 3 rings (SSSR count). The molecule has 3 aromatic rings. The highest BCUT2D eigenvalue weighted by Crippen LogP contribution is 2.39. The number of hydrogen-bond donors (Lipinski definition) is 0. The van der Waals surface area contributed by atoms with E-state index in [4.69, 9.17) is 11.6 Å². The summed E-state index contributed by atoms with van der Waals surface area (Å²) in [5.41, 5.74) is 0.611. The molecular weight excluding hydrogens is 305 g/mol. The maximum Gasteiger partial charge on any atom is 0.278 e. The summed E-state index contributed by atoms with van der Waals surface area (Å²) in [7, 11) is 0. The fourth-order valence-electron chi connectivity index (χ4n) is 1.82. The number of nitro benzene ring substituents is 1. The second-order valence-electron chi connectivity index (χ2n) is 3.91. The number of rotatable bonds is 2. The number of fused-ring (bicyclic) bond motifs is 1. The van der Waals surface area contributed by atoms with Crippen molar-refractivity contribution in [2.75, 3.05) is 0 Å². The van der Waals surface area contributed by atoms with E-state index in [-0.39, 0.29) is 16.4 Å². The highest BCUT2D eigenvalue weighted by atomic mass is 35.5. The lowest BCUT2D eigenvalue weighted by Gasteiger charge is -1.99. The number of hydrogen-bond acceptors (Lipinski definition) is 5. The molecule has 2 heterocycles. The first-order valence-corrected chi connectivity index (χ1v) is 6.60. The van der Waals surface area contributed by atoms with E-state index in [9.17, 15) is 14.5 Å². The van der Waals surface area contributed by atoms with Gasteiger partial charge in [-0.05, 0) is 18.2 Å². The van der Waals surface area contributed by atoms with Gasteiger partial charge in [-0.1, -0.05) is 11.6 Å². The molecule has 0 saturated carbocycles. The minimum Gasteiger partial charge on any atom is -0.258 e. The molecule has 100 valence electrons. The van der Waals surface area contributed by atoms with Crippen molar-refractivity contribution in [2.45, 2.75) is 0 Å². The van der Waals surface area contributed by atoms with Gasteiger partial charge in [-0.3, -0.25) is 10.1 Å². The summed E-state index contributed by atoms with van der Waals surface area (Å²) in [6.07, 6.45) is 1.31. The molecule has 8 heteroatoms. The number of thiophene rings is 1. The van der Waals surface area contributed by atoms with Crippen molar-refractivity contribution in [1.29, 1.82) is 0 Å². The quantitative estimate of drug-likeness (QED) is 0.406. The lowest BCUT2D eigenvalue weighted by atomic mass is 10.1. The summed E-state index contributed by atoms with van der Waals surface area (Å²) in [6.45, 7) is 0. The molecule has 0 amide bonds. The molecule has 0 aliphatic rings. The van der Waals surface area contributed by atoms with E-state index in [1.165, 1.54) is 17.7 Å². The fraction of sp³-hybridized carbons (Fsp3) is 0. The predicted molar refractivity (Wildman–Crippen MR) is 74.5 cm³/mol. The van der Waals surface area contributed by atoms with Gasteiger partial charge >= 0.3 is 0 Å². The molecule has 2 aromatic heterocycles. The van der Waals surface area contributed by atoms with Crippen molar-refractivity contribution in [3.05, 3.63) is 51.7 Å². The molecule has 0 saturated heterocycles. The zero-order valence-electron chi connectivity index (χ0n) is 9.71. The van der Waals surface area contributed by atoms with Gasteiger partial charge in [-0.25, -0.2) is 14.4 Å². The second-order valence-corrected chi connectivity index (χ2v) is 5.32. The molecule has 0 spiro atoms. The first kappa shape index (κ1) is 12.9. The summed E-state index contributed by atoms with van der Waals surface area (Å²) in [5, 5.41) is 11.3. The van der Waals surface area contributed by atoms with E-state index in [1.54, 1.807) is 6.07 Å². The first-order valence-electron chi connectivity index (χ1n) is 5.40. The van der Waals surface area contributed by atoms with E-state index in [0.29, 0.717) is 15.1 Å². The molecule has 0 fully saturated rings. The van der Waals surface area contributed by atoms with Crippen molar-refractivity contribution < 1.29 is 9.31 Å². The Kier molecular flexibility index (Phi) is 3.07. The second kappa shape index (κ2) is 4.77. The molecule has 0 bridgehead atoms. The van der Waals surface area contributed by atoms with Crippen molar-refractivity contribution >= 4 is 38.8 Å². The molecule has 0 unspecified atom stereocenters. The molecular formula is C12H5ClFN3O2S. The summed E-state index contributed by atoms with van der Waals surface area (Å²) in [5.74, 6) is -0.541. The van der Waals surface area contributed by atoms with E-state index in [0.717, 1.165) is 18.2 Å². The Balaban J connectivity index is 2.27. The topological polar surface area (TPSA) is 68.9 Å². The minimum atomic E-state index is -0.549. The van der Waals surface area contributed by atoms with E-state index >= 15 is 0 Å². The Labute approximate surface area is 120 Å². The van der Waals surface area contributed by atoms with Gasteiger partial charge in [-0.2, -0.15) is 0 Å². The van der Waals surface area contributed by atoms with Crippen molar-refractivity contribution in [2.24, 2.45) is 0 Å². The van der Waals surface area contributed by atoms with Crippen LogP contribution in [0.3, 0.4) is 0 Å². The highest BCUT2D eigenvalue weighted by Gasteiger charge is 2.19. The minimum absolute atomic E-state index is 0.165. The van der Waals surface area contributed by atoms with E-state index in [2.05, 4.69) is 9.97 Å². The van der Waals surface area contributed by atoms with Crippen LogP contribution in [0.4, 0.5) is 10.1 Å². The van der Waals surface area contributed by atoms with Gasteiger partial charge in [0.1, 0.15) is 17.3 Å². The molecule has 20 heavy (non-hydrogen) atoms. The molecule has 5 nitrogen and oxygen atoms in total. The lowest BCUT2D eigenvalue weighted by molar-refractivity contribution is -0.384. The Hall–Kier alpha value is -2.12. The third kappa shape index (κ3) is 2.10. The van der Waals surface area contributed by atoms with Gasteiger partial charge in [0.15, 0.2) is 0 Å². The third-order valence-electron chi connectivity index (χ3n) is 2.69. The average molecular weight is 310 g/mol. The third-order valence-corrected chi connectivity index (χ3v) is 4.25. The highest BCUT2D eigenvalue weighted by molar-refractivity contribution is 7.22. The lowest BCUT2D eigenvalue weighted by Crippen LogP contribution is -1.91. The average Bonchev–Trinajstić information content (AvgIpc) is 2.83. The van der Waals surface area contributed by atoms with Gasteiger partial charge in [0.2, 0.25) is 0 Å². The molecule has 0 N–H and O–H groups in total. The largest absolute Gasteiger partial charge is 0.278 e. The first-order chi connectivity index (χ1) is 9.56. The van der Waals surface area contributed by atoms with Crippen LogP contribution in [0, 0.1) is 15.9 Å². The Bertz CT molecular complexity index is 837. The smallest absolute Gasteiger partial charge is 0.258 e. The van der Waals surface area contributed by atoms with Gasteiger partial charge in [0.05, 0.1) is 20.7 Å². The molecule has 0 radical (unpaired) electrons. The Morgan fingerprint density at radius 3 is 2.80 bits per heavy atom. The van der Waals surface area contributed by atoms with Crippen LogP contribution in [0.5, 0.6) is 0 Å². The van der Waals surface area contributed by atoms with E-state index in [1.807, 2.05) is 0 Å². The van der Waals surface area contributed by atoms with E-state index < -0.39 is 10.7 Å². The SMILES string of the molecule is O=[N+]([O-])c1ccc(F)cc1-c1cc2ncnc(Cl)c2s1. The van der Waals surface area contributed by atoms with Crippen LogP contribution in [0.1, 0.15) is 0 Å². The summed E-state index contributed by atoms with van der Waals surface area (Å²) in [6, 6.07) is 4.96. The zero-order valence-corrected chi connectivity index (χ0v) is 11.3. The molecule has 0 aliphatic carbocycles. The van der Waals surface area contributed by atoms with Gasteiger partial charge in [0.25, 0.3) is 5.69 Å². The number of benzene rings is 1. The van der Waals surface area contributed by atoms with Crippen molar-refractivity contribution in [3.63, 3.8) is 0 Å². The summed E-state index contributed by atoms with van der Waals surface area (Å²) >= 11 is 7.13. The van der Waals surface area contributed by atoms with Crippen molar-refractivity contribution in [3.8, 4) is 10.4 Å². The maximum atomic E-state index is 13.4. The summed E-state index contributed by atoms with van der Waals surface area (Å²) < 4.78 is 14.0. The van der Waals surface area contributed by atoms with Crippen LogP contribution in [0.2, 0.25) is 5.15 Å². The molecule has 1 aromatic carbocycles. The maximum absolute atomic E-state index is 13.4. The number of nitro groups is 1. The fourth-order valence-corrected chi connectivity index (χ4v) is 3.10. The Morgan fingerprint density at radius 1 is 1.30 bits per heavy atom. The van der Waals surface area contributed by atoms with Gasteiger partial charge in [-0.15, -0.1) is 11.3 Å². The summed E-state index contributed by atoms with van der Waals surface area (Å²) in [4.78, 5) is 18.9. The van der Waals surface area contributed by atoms with Crippen LogP contribution in [0.15, 0.2) is 30.6 Å². The van der Waals surface area contributed by atoms with Crippen molar-refractivity contribution in [1.82, 2.24) is 9.97 Å². The number of aromatic nitrogens is 2.